The molecule has 2 amide bonds. The van der Waals surface area contributed by atoms with E-state index < -0.39 is 12.0 Å². The molecule has 0 fully saturated rings. The van der Waals surface area contributed by atoms with Crippen molar-refractivity contribution in [2.45, 2.75) is 20.0 Å². The van der Waals surface area contributed by atoms with E-state index in [-0.39, 0.29) is 5.91 Å². The molecule has 3 aromatic carbocycles. The summed E-state index contributed by atoms with van der Waals surface area (Å²) in [7, 11) is 0. The van der Waals surface area contributed by atoms with Gasteiger partial charge in [0, 0.05) is 5.56 Å². The lowest BCUT2D eigenvalue weighted by molar-refractivity contribution is -0.128. The zero-order chi connectivity index (χ0) is 19.9. The summed E-state index contributed by atoms with van der Waals surface area (Å²) in [6.07, 6.45) is -0.764. The van der Waals surface area contributed by atoms with Crippen LogP contribution in [0.2, 0.25) is 0 Å². The summed E-state index contributed by atoms with van der Waals surface area (Å²) in [6.45, 7) is 3.52. The van der Waals surface area contributed by atoms with E-state index in [1.54, 1.807) is 25.1 Å². The van der Waals surface area contributed by atoms with Gasteiger partial charge in [0.05, 0.1) is 0 Å². The molecule has 0 saturated heterocycles. The SMILES string of the molecule is Cc1cccc(C(=O)NNC(=O)C(C)Oc2ccc(-c3ccccc3)cc2)c1. The predicted molar refractivity (Wildman–Crippen MR) is 109 cm³/mol. The highest BCUT2D eigenvalue weighted by Gasteiger charge is 2.16. The van der Waals surface area contributed by atoms with Crippen LogP contribution >= 0.6 is 0 Å². The van der Waals surface area contributed by atoms with Crippen LogP contribution in [-0.2, 0) is 4.79 Å². The summed E-state index contributed by atoms with van der Waals surface area (Å²) in [5.41, 5.74) is 8.42. The second kappa shape index (κ2) is 8.86. The van der Waals surface area contributed by atoms with Gasteiger partial charge in [0.25, 0.3) is 11.8 Å². The topological polar surface area (TPSA) is 67.4 Å². The summed E-state index contributed by atoms with van der Waals surface area (Å²) in [4.78, 5) is 24.3. The van der Waals surface area contributed by atoms with Crippen LogP contribution in [0.1, 0.15) is 22.8 Å². The average molecular weight is 374 g/mol. The number of hydrazine groups is 1. The monoisotopic (exact) mass is 374 g/mol. The molecule has 0 radical (unpaired) electrons. The summed E-state index contributed by atoms with van der Waals surface area (Å²) < 4.78 is 5.66. The molecule has 0 aliphatic carbocycles. The van der Waals surface area contributed by atoms with Crippen molar-refractivity contribution in [3.05, 3.63) is 90.0 Å². The highest BCUT2D eigenvalue weighted by Crippen LogP contribution is 2.22. The van der Waals surface area contributed by atoms with Gasteiger partial charge in [0.1, 0.15) is 5.75 Å². The van der Waals surface area contributed by atoms with E-state index in [1.165, 1.54) is 0 Å². The Bertz CT molecular complexity index is 953. The lowest BCUT2D eigenvalue weighted by Crippen LogP contribution is -2.47. The molecule has 1 unspecified atom stereocenters. The third kappa shape index (κ3) is 4.98. The van der Waals surface area contributed by atoms with Crippen LogP contribution in [0.4, 0.5) is 0 Å². The number of carbonyl (C=O) groups is 2. The number of aryl methyl sites for hydroxylation is 1. The fraction of sp³-hybridized carbons (Fsp3) is 0.130. The van der Waals surface area contributed by atoms with Crippen molar-refractivity contribution < 1.29 is 14.3 Å². The third-order valence-corrected chi connectivity index (χ3v) is 4.22. The number of hydrogen-bond acceptors (Lipinski definition) is 3. The highest BCUT2D eigenvalue weighted by atomic mass is 16.5. The first kappa shape index (κ1) is 19.2. The molecule has 0 aromatic heterocycles. The van der Waals surface area contributed by atoms with Gasteiger partial charge < -0.3 is 4.74 Å². The molecular formula is C23H22N2O3. The minimum absolute atomic E-state index is 0.378. The molecule has 0 bridgehead atoms. The largest absolute Gasteiger partial charge is 0.481 e. The van der Waals surface area contributed by atoms with Gasteiger partial charge >= 0.3 is 0 Å². The maximum Gasteiger partial charge on any atom is 0.279 e. The molecule has 0 heterocycles. The second-order valence-corrected chi connectivity index (χ2v) is 6.46. The standard InChI is InChI=1S/C23H22N2O3/c1-16-7-6-10-20(15-16)23(27)25-24-22(26)17(2)28-21-13-11-19(12-14-21)18-8-4-3-5-9-18/h3-15,17H,1-2H3,(H,24,26)(H,25,27). The van der Waals surface area contributed by atoms with Crippen molar-refractivity contribution >= 4 is 11.8 Å². The Morgan fingerprint density at radius 3 is 2.18 bits per heavy atom. The molecule has 0 aliphatic rings. The maximum absolute atomic E-state index is 12.2. The molecule has 5 nitrogen and oxygen atoms in total. The van der Waals surface area contributed by atoms with Crippen molar-refractivity contribution in [3.63, 3.8) is 0 Å². The zero-order valence-electron chi connectivity index (χ0n) is 15.8. The van der Waals surface area contributed by atoms with Gasteiger partial charge in [-0.3, -0.25) is 20.4 Å². The zero-order valence-corrected chi connectivity index (χ0v) is 15.8. The third-order valence-electron chi connectivity index (χ3n) is 4.22. The normalized spacial score (nSPS) is 11.4. The Labute approximate surface area is 164 Å². The van der Waals surface area contributed by atoms with Crippen LogP contribution in [0.25, 0.3) is 11.1 Å². The molecule has 3 aromatic rings. The molecule has 142 valence electrons. The minimum atomic E-state index is -0.764. The number of nitrogens with one attached hydrogen (secondary N) is 2. The summed E-state index contributed by atoms with van der Waals surface area (Å²) in [5.74, 6) is -0.239. The van der Waals surface area contributed by atoms with Gasteiger partial charge in [-0.2, -0.15) is 0 Å². The smallest absolute Gasteiger partial charge is 0.279 e. The van der Waals surface area contributed by atoms with Crippen molar-refractivity contribution in [1.29, 1.82) is 0 Å². The molecule has 0 saturated carbocycles. The van der Waals surface area contributed by atoms with Gasteiger partial charge in [0.2, 0.25) is 0 Å². The number of rotatable bonds is 5. The minimum Gasteiger partial charge on any atom is -0.481 e. The predicted octanol–water partition coefficient (Wildman–Crippen LogP) is 3.89. The summed E-state index contributed by atoms with van der Waals surface area (Å²) >= 11 is 0. The quantitative estimate of drug-likeness (QED) is 0.666. The number of ether oxygens (including phenoxy) is 1. The lowest BCUT2D eigenvalue weighted by Gasteiger charge is -2.15. The molecule has 0 aliphatic heterocycles. The van der Waals surface area contributed by atoms with Gasteiger partial charge in [-0.25, -0.2) is 0 Å². The summed E-state index contributed by atoms with van der Waals surface area (Å²) in [5, 5.41) is 0. The average Bonchev–Trinajstić information content (AvgIpc) is 2.73. The first-order valence-corrected chi connectivity index (χ1v) is 9.02. The van der Waals surface area contributed by atoms with E-state index in [9.17, 15) is 9.59 Å². The van der Waals surface area contributed by atoms with Gasteiger partial charge in [-0.1, -0.05) is 60.2 Å². The molecule has 28 heavy (non-hydrogen) atoms. The molecule has 3 rings (SSSR count). The number of benzene rings is 3. The van der Waals surface area contributed by atoms with E-state index in [1.807, 2.05) is 67.6 Å². The van der Waals surface area contributed by atoms with Crippen LogP contribution in [0.15, 0.2) is 78.9 Å². The molecule has 2 N–H and O–H groups in total. The van der Waals surface area contributed by atoms with Gasteiger partial charge in [-0.05, 0) is 49.2 Å². The van der Waals surface area contributed by atoms with Crippen LogP contribution in [0, 0.1) is 6.92 Å². The van der Waals surface area contributed by atoms with Crippen LogP contribution < -0.4 is 15.6 Å². The molecule has 5 heteroatoms. The van der Waals surface area contributed by atoms with E-state index in [4.69, 9.17) is 4.74 Å². The maximum atomic E-state index is 12.2. The van der Waals surface area contributed by atoms with E-state index in [0.29, 0.717) is 11.3 Å². The van der Waals surface area contributed by atoms with Crippen molar-refractivity contribution in [1.82, 2.24) is 10.9 Å². The molecule has 0 spiro atoms. The highest BCUT2D eigenvalue weighted by molar-refractivity contribution is 5.95. The molecular weight excluding hydrogens is 352 g/mol. The Hall–Kier alpha value is -3.60. The molecule has 1 atom stereocenters. The fourth-order valence-electron chi connectivity index (χ4n) is 2.69. The van der Waals surface area contributed by atoms with Crippen molar-refractivity contribution in [2.75, 3.05) is 0 Å². The van der Waals surface area contributed by atoms with E-state index in [0.717, 1.165) is 16.7 Å². The van der Waals surface area contributed by atoms with Gasteiger partial charge in [-0.15, -0.1) is 0 Å². The van der Waals surface area contributed by atoms with Crippen LogP contribution in [-0.4, -0.2) is 17.9 Å². The van der Waals surface area contributed by atoms with Crippen molar-refractivity contribution in [2.24, 2.45) is 0 Å². The van der Waals surface area contributed by atoms with E-state index >= 15 is 0 Å². The van der Waals surface area contributed by atoms with Crippen LogP contribution in [0.5, 0.6) is 5.75 Å². The lowest BCUT2D eigenvalue weighted by atomic mass is 10.1. The summed E-state index contributed by atoms with van der Waals surface area (Å²) in [6, 6.07) is 24.6. The number of amides is 2. The Balaban J connectivity index is 1.53. The van der Waals surface area contributed by atoms with Crippen molar-refractivity contribution in [3.8, 4) is 16.9 Å². The van der Waals surface area contributed by atoms with E-state index in [2.05, 4.69) is 10.9 Å². The van der Waals surface area contributed by atoms with Gasteiger partial charge in [0.15, 0.2) is 6.10 Å². The number of carbonyl (C=O) groups excluding carboxylic acids is 2. The first-order valence-electron chi connectivity index (χ1n) is 9.02. The van der Waals surface area contributed by atoms with Crippen LogP contribution in [0.3, 0.4) is 0 Å². The Morgan fingerprint density at radius 2 is 1.50 bits per heavy atom. The first-order chi connectivity index (χ1) is 13.5. The number of hydrogen-bond donors (Lipinski definition) is 2. The fourth-order valence-corrected chi connectivity index (χ4v) is 2.69. The Morgan fingerprint density at radius 1 is 0.821 bits per heavy atom. The Kier molecular flexibility index (Phi) is 6.07. The second-order valence-electron chi connectivity index (χ2n) is 6.46.